The van der Waals surface area contributed by atoms with E-state index in [-0.39, 0.29) is 22.6 Å². The van der Waals surface area contributed by atoms with Crippen LogP contribution < -0.4 is 0 Å². The smallest absolute Gasteiger partial charge is 0.267 e. The van der Waals surface area contributed by atoms with Crippen LogP contribution in [0.25, 0.3) is 0 Å². The lowest BCUT2D eigenvalue weighted by atomic mass is 9.96. The average Bonchev–Trinajstić information content (AvgIpc) is 2.76. The van der Waals surface area contributed by atoms with Crippen molar-refractivity contribution < 1.29 is 35.5 Å². The van der Waals surface area contributed by atoms with Crippen molar-refractivity contribution >= 4 is 21.9 Å². The van der Waals surface area contributed by atoms with Gasteiger partial charge >= 0.3 is 15.6 Å². The van der Waals surface area contributed by atoms with Crippen molar-refractivity contribution in [1.82, 2.24) is 5.06 Å². The van der Waals surface area contributed by atoms with E-state index in [9.17, 15) is 31.2 Å². The summed E-state index contributed by atoms with van der Waals surface area (Å²) >= 11 is 0. The van der Waals surface area contributed by atoms with E-state index in [0.29, 0.717) is 17.6 Å². The van der Waals surface area contributed by atoms with Gasteiger partial charge in [-0.1, -0.05) is 81.8 Å². The number of amides is 2. The molecule has 2 aliphatic rings. The van der Waals surface area contributed by atoms with Gasteiger partial charge in [-0.25, -0.2) is 0 Å². The van der Waals surface area contributed by atoms with Gasteiger partial charge < -0.3 is 0 Å². The highest BCUT2D eigenvalue weighted by molar-refractivity contribution is 7.87. The summed E-state index contributed by atoms with van der Waals surface area (Å²) in [6.45, 7) is 6.07. The second-order valence-electron chi connectivity index (χ2n) is 7.72. The normalized spacial score (nSPS) is 21.0. The Hall–Kier alpha value is -2.90. The van der Waals surface area contributed by atoms with E-state index in [2.05, 4.69) is 29.6 Å². The van der Waals surface area contributed by atoms with Crippen LogP contribution in [0.4, 0.5) is 13.2 Å². The molecule has 10 heteroatoms. The molecule has 184 valence electrons. The van der Waals surface area contributed by atoms with Crippen molar-refractivity contribution in [3.63, 3.8) is 0 Å². The number of rotatable bonds is 8. The monoisotopic (exact) mass is 497 g/mol. The number of unbranched alkanes of at least 4 members (excludes halogenated alkanes) is 6. The number of fused-ring (bicyclic) bond motifs is 2. The SMILES string of the molecule is C=C1/C=C\C=C2/C/C(=C\C=C1C#CCCCCCCCC)C(=O)N(OS(=O)(=O)C(F)(F)F)C2=O. The summed E-state index contributed by atoms with van der Waals surface area (Å²) in [6.07, 6.45) is 14.2. The molecule has 2 amide bonds. The Morgan fingerprint density at radius 3 is 2.29 bits per heavy atom. The highest BCUT2D eigenvalue weighted by Crippen LogP contribution is 2.30. The Morgan fingerprint density at radius 2 is 1.65 bits per heavy atom. The molecule has 0 saturated carbocycles. The van der Waals surface area contributed by atoms with E-state index < -0.39 is 27.4 Å². The molecular weight excluding hydrogens is 471 g/mol. The van der Waals surface area contributed by atoms with Crippen molar-refractivity contribution in [1.29, 1.82) is 0 Å². The summed E-state index contributed by atoms with van der Waals surface area (Å²) in [6, 6.07) is 0. The minimum Gasteiger partial charge on any atom is -0.267 e. The van der Waals surface area contributed by atoms with Gasteiger partial charge in [-0.15, -0.1) is 9.35 Å². The van der Waals surface area contributed by atoms with E-state index in [4.69, 9.17) is 0 Å². The zero-order chi connectivity index (χ0) is 25.4. The maximum atomic E-state index is 12.7. The zero-order valence-electron chi connectivity index (χ0n) is 18.8. The molecule has 1 aliphatic carbocycles. The molecule has 2 rings (SSSR count). The predicted octanol–water partition coefficient (Wildman–Crippen LogP) is 5.19. The number of hydrogen-bond acceptors (Lipinski definition) is 5. The van der Waals surface area contributed by atoms with E-state index in [1.807, 2.05) is 0 Å². The Kier molecular flexibility index (Phi) is 9.65. The van der Waals surface area contributed by atoms with Gasteiger partial charge in [0.15, 0.2) is 0 Å². The summed E-state index contributed by atoms with van der Waals surface area (Å²) in [4.78, 5) is 25.0. The fourth-order valence-corrected chi connectivity index (χ4v) is 3.53. The first kappa shape index (κ1) is 27.3. The summed E-state index contributed by atoms with van der Waals surface area (Å²) in [5, 5.41) is -0.383. The van der Waals surface area contributed by atoms with Gasteiger partial charge in [-0.3, -0.25) is 9.59 Å². The third-order valence-electron chi connectivity index (χ3n) is 5.03. The fraction of sp³-hybridized carbons (Fsp3) is 0.417. The molecule has 0 atom stereocenters. The number of hydroxylamine groups is 2. The molecule has 1 fully saturated rings. The first-order valence-electron chi connectivity index (χ1n) is 10.8. The molecule has 1 heterocycles. The molecule has 6 nitrogen and oxygen atoms in total. The van der Waals surface area contributed by atoms with E-state index in [1.54, 1.807) is 6.08 Å². The average molecular weight is 498 g/mol. The number of carbonyl (C=O) groups is 2. The molecule has 2 bridgehead atoms. The molecule has 34 heavy (non-hydrogen) atoms. The summed E-state index contributed by atoms with van der Waals surface area (Å²) in [5.41, 5.74) is -5.08. The molecular formula is C24H26F3NO5S. The lowest BCUT2D eigenvalue weighted by Gasteiger charge is -2.26. The van der Waals surface area contributed by atoms with Gasteiger partial charge in [-0.2, -0.15) is 21.6 Å². The van der Waals surface area contributed by atoms with E-state index in [1.165, 1.54) is 43.6 Å². The topological polar surface area (TPSA) is 80.8 Å². The summed E-state index contributed by atoms with van der Waals surface area (Å²) < 4.78 is 64.7. The fourth-order valence-electron chi connectivity index (χ4n) is 3.11. The minimum atomic E-state index is -6.22. The van der Waals surface area contributed by atoms with E-state index in [0.717, 1.165) is 19.3 Å². The van der Waals surface area contributed by atoms with Crippen LogP contribution in [-0.4, -0.2) is 30.8 Å². The first-order valence-corrected chi connectivity index (χ1v) is 12.2. The second kappa shape index (κ2) is 12.0. The molecule has 0 spiro atoms. The van der Waals surface area contributed by atoms with Crippen molar-refractivity contribution in [2.75, 3.05) is 0 Å². The lowest BCUT2D eigenvalue weighted by Crippen LogP contribution is -2.46. The van der Waals surface area contributed by atoms with Crippen LogP contribution in [0.15, 0.2) is 59.3 Å². The minimum absolute atomic E-state index is 0.127. The molecule has 0 radical (unpaired) electrons. The van der Waals surface area contributed by atoms with Gasteiger partial charge in [0, 0.05) is 29.6 Å². The Labute approximate surface area is 197 Å². The van der Waals surface area contributed by atoms with Crippen molar-refractivity contribution in [2.24, 2.45) is 0 Å². The van der Waals surface area contributed by atoms with Crippen molar-refractivity contribution in [3.8, 4) is 11.8 Å². The Balaban J connectivity index is 2.25. The van der Waals surface area contributed by atoms with Crippen molar-refractivity contribution in [2.45, 2.75) is 63.8 Å². The highest BCUT2D eigenvalue weighted by Gasteiger charge is 2.51. The number of carbonyl (C=O) groups excluding carboxylic acids is 2. The second-order valence-corrected chi connectivity index (χ2v) is 9.24. The number of piperidine rings is 1. The molecule has 1 aliphatic heterocycles. The maximum absolute atomic E-state index is 12.7. The molecule has 0 aromatic carbocycles. The standard InChI is InChI=1S/C24H26F3NO5S/c1-3-4-5-6-7-8-9-10-13-19-15-16-21-17-20(14-11-12-18(19)2)22(29)28(23(21)30)33-34(31,32)24(25,26)27/h11-12,14-16H,2-9,17H2,1H3/b12-11-,19-15?,20-14+,21-16+. The van der Waals surface area contributed by atoms with Crippen LogP contribution in [0.2, 0.25) is 0 Å². The number of imide groups is 1. The zero-order valence-corrected chi connectivity index (χ0v) is 19.6. The van der Waals surface area contributed by atoms with Crippen LogP contribution >= 0.6 is 0 Å². The van der Waals surface area contributed by atoms with Gasteiger partial charge in [-0.05, 0) is 18.1 Å². The van der Waals surface area contributed by atoms with Crippen LogP contribution in [0.1, 0.15) is 58.3 Å². The van der Waals surface area contributed by atoms with Crippen LogP contribution in [0.3, 0.4) is 0 Å². The van der Waals surface area contributed by atoms with Gasteiger partial charge in [0.05, 0.1) is 0 Å². The van der Waals surface area contributed by atoms with Gasteiger partial charge in [0.1, 0.15) is 0 Å². The molecule has 0 N–H and O–H groups in total. The summed E-state index contributed by atoms with van der Waals surface area (Å²) in [7, 11) is -6.22. The third kappa shape index (κ3) is 7.30. The third-order valence-corrected chi connectivity index (χ3v) is 5.94. The number of hydrogen-bond donors (Lipinski definition) is 0. The quantitative estimate of drug-likeness (QED) is 0.200. The lowest BCUT2D eigenvalue weighted by molar-refractivity contribution is -0.170. The van der Waals surface area contributed by atoms with Crippen molar-refractivity contribution in [3.05, 3.63) is 59.3 Å². The number of alkyl halides is 3. The Morgan fingerprint density at radius 1 is 1.03 bits per heavy atom. The molecule has 0 aromatic rings. The first-order chi connectivity index (χ1) is 16.0. The molecule has 1 saturated heterocycles. The summed E-state index contributed by atoms with van der Waals surface area (Å²) in [5.74, 6) is 3.44. The Bertz CT molecular complexity index is 1120. The predicted molar refractivity (Wildman–Crippen MR) is 121 cm³/mol. The van der Waals surface area contributed by atoms with Gasteiger partial charge in [0.2, 0.25) is 0 Å². The number of allylic oxidation sites excluding steroid dienone is 7. The highest BCUT2D eigenvalue weighted by atomic mass is 32.2. The van der Waals surface area contributed by atoms with Crippen LogP contribution in [-0.2, 0) is 24.0 Å². The van der Waals surface area contributed by atoms with Crippen LogP contribution in [0.5, 0.6) is 0 Å². The molecule has 0 aromatic heterocycles. The largest absolute Gasteiger partial charge is 0.525 e. The van der Waals surface area contributed by atoms with Gasteiger partial charge in [0.25, 0.3) is 11.8 Å². The van der Waals surface area contributed by atoms with E-state index >= 15 is 0 Å². The number of nitrogens with zero attached hydrogens (tertiary/aromatic N) is 1. The maximum Gasteiger partial charge on any atom is 0.525 e. The number of halogens is 3. The van der Waals surface area contributed by atoms with Crippen LogP contribution in [0, 0.1) is 11.8 Å². The molecule has 0 unspecified atom stereocenters.